The van der Waals surface area contributed by atoms with Crippen molar-refractivity contribution < 1.29 is 23.1 Å². The van der Waals surface area contributed by atoms with Crippen LogP contribution in [0.25, 0.3) is 6.08 Å². The molecule has 0 spiro atoms. The second-order valence-corrected chi connectivity index (χ2v) is 6.83. The Morgan fingerprint density at radius 3 is 2.04 bits per heavy atom. The molecule has 0 N–H and O–H groups in total. The normalized spacial score (nSPS) is 12.1. The summed E-state index contributed by atoms with van der Waals surface area (Å²) in [5.41, 5.74) is 1.72. The summed E-state index contributed by atoms with van der Waals surface area (Å²) in [6, 6.07) is 7.43. The third-order valence-corrected chi connectivity index (χ3v) is 5.10. The number of ether oxygens (including phenoxy) is 1. The van der Waals surface area contributed by atoms with Gasteiger partial charge in [-0.05, 0) is 37.6 Å². The zero-order chi connectivity index (χ0) is 17.5. The van der Waals surface area contributed by atoms with E-state index in [0.29, 0.717) is 5.56 Å². The summed E-state index contributed by atoms with van der Waals surface area (Å²) in [6.45, 7) is 3.69. The first-order valence-corrected chi connectivity index (χ1v) is 8.89. The number of carbonyl (C=O) groups excluding carboxylic acids is 1. The molecule has 0 aliphatic rings. The molecule has 0 aliphatic carbocycles. The number of hydrogen-bond donors (Lipinski definition) is 0. The van der Waals surface area contributed by atoms with E-state index in [4.69, 9.17) is 13.8 Å². The molecule has 0 aliphatic heterocycles. The summed E-state index contributed by atoms with van der Waals surface area (Å²) in [5.74, 6) is -0.730. The van der Waals surface area contributed by atoms with Crippen molar-refractivity contribution in [2.45, 2.75) is 13.8 Å². The number of rotatable bonds is 8. The lowest BCUT2D eigenvalue weighted by atomic mass is 10.2. The van der Waals surface area contributed by atoms with E-state index in [9.17, 15) is 9.36 Å². The van der Waals surface area contributed by atoms with Crippen LogP contribution in [0.1, 0.15) is 19.4 Å². The summed E-state index contributed by atoms with van der Waals surface area (Å²) < 4.78 is 28.1. The summed E-state index contributed by atoms with van der Waals surface area (Å²) in [7, 11) is 1.37. The average molecular weight is 341 g/mol. The molecule has 23 heavy (non-hydrogen) atoms. The first-order chi connectivity index (χ1) is 10.9. The van der Waals surface area contributed by atoms with Gasteiger partial charge in [0.15, 0.2) is 0 Å². The maximum absolute atomic E-state index is 12.9. The van der Waals surface area contributed by atoms with Gasteiger partial charge in [0.25, 0.3) is 0 Å². The molecule has 0 saturated carbocycles. The summed E-state index contributed by atoms with van der Waals surface area (Å²) in [4.78, 5) is 14.0. The van der Waals surface area contributed by atoms with Crippen LogP contribution < -0.4 is 4.90 Å². The highest BCUT2D eigenvalue weighted by Crippen LogP contribution is 2.56. The van der Waals surface area contributed by atoms with E-state index in [1.807, 2.05) is 43.3 Å². The molecular formula is C16H24NO5P. The summed E-state index contributed by atoms with van der Waals surface area (Å²) in [5, 5.41) is -0.110. The highest BCUT2D eigenvalue weighted by atomic mass is 31.2. The van der Waals surface area contributed by atoms with Crippen molar-refractivity contribution in [2.24, 2.45) is 0 Å². The van der Waals surface area contributed by atoms with Crippen LogP contribution in [-0.4, -0.2) is 40.4 Å². The zero-order valence-corrected chi connectivity index (χ0v) is 15.1. The Balaban J connectivity index is 3.29. The van der Waals surface area contributed by atoms with Crippen LogP contribution in [0.4, 0.5) is 5.69 Å². The maximum Gasteiger partial charge on any atom is 0.368 e. The second-order valence-electron chi connectivity index (χ2n) is 4.84. The van der Waals surface area contributed by atoms with E-state index >= 15 is 0 Å². The highest BCUT2D eigenvalue weighted by molar-refractivity contribution is 7.60. The van der Waals surface area contributed by atoms with Gasteiger partial charge in [0.2, 0.25) is 0 Å². The molecule has 0 heterocycles. The summed E-state index contributed by atoms with van der Waals surface area (Å²) >= 11 is 0. The fourth-order valence-corrected chi connectivity index (χ4v) is 3.55. The maximum atomic E-state index is 12.9. The van der Waals surface area contributed by atoms with Crippen molar-refractivity contribution in [1.29, 1.82) is 0 Å². The predicted octanol–water partition coefficient (Wildman–Crippen LogP) is 3.53. The molecule has 0 bridgehead atoms. The van der Waals surface area contributed by atoms with E-state index in [1.165, 1.54) is 13.2 Å². The largest absolute Gasteiger partial charge is 0.465 e. The number of methoxy groups -OCH3 is 1. The quantitative estimate of drug-likeness (QED) is 0.409. The van der Waals surface area contributed by atoms with Crippen LogP contribution in [0.3, 0.4) is 0 Å². The van der Waals surface area contributed by atoms with Crippen LogP contribution in [-0.2, 0) is 23.1 Å². The van der Waals surface area contributed by atoms with Gasteiger partial charge in [-0.15, -0.1) is 0 Å². The molecular weight excluding hydrogens is 317 g/mol. The first kappa shape index (κ1) is 19.4. The van der Waals surface area contributed by atoms with E-state index in [-0.39, 0.29) is 18.5 Å². The lowest BCUT2D eigenvalue weighted by molar-refractivity contribution is -0.135. The van der Waals surface area contributed by atoms with E-state index in [0.717, 1.165) is 5.69 Å². The Bertz CT molecular complexity index is 585. The molecule has 0 unspecified atom stereocenters. The second kappa shape index (κ2) is 8.87. The lowest BCUT2D eigenvalue weighted by Gasteiger charge is -2.18. The van der Waals surface area contributed by atoms with Gasteiger partial charge in [0.1, 0.15) is 5.31 Å². The van der Waals surface area contributed by atoms with Crippen molar-refractivity contribution in [3.8, 4) is 0 Å². The average Bonchev–Trinajstić information content (AvgIpc) is 2.52. The standard InChI is InChI=1S/C16H24NO5P/c1-6-21-23(19,22-7-2)15(16(18)20-5)12-13-8-10-14(11-9-13)17(3)4/h8-12H,6-7H2,1-5H3/b15-12+. The van der Waals surface area contributed by atoms with Crippen molar-refractivity contribution in [3.63, 3.8) is 0 Å². The molecule has 0 aromatic heterocycles. The molecule has 1 rings (SSSR count). The number of anilines is 1. The van der Waals surface area contributed by atoms with Gasteiger partial charge < -0.3 is 18.7 Å². The number of carbonyl (C=O) groups is 1. The molecule has 7 heteroatoms. The Morgan fingerprint density at radius 1 is 1.13 bits per heavy atom. The third kappa shape index (κ3) is 5.20. The van der Waals surface area contributed by atoms with Crippen LogP contribution >= 0.6 is 7.60 Å². The van der Waals surface area contributed by atoms with Crippen molar-refractivity contribution >= 4 is 25.3 Å². The molecule has 1 aromatic rings. The first-order valence-electron chi connectivity index (χ1n) is 7.35. The lowest BCUT2D eigenvalue weighted by Crippen LogP contribution is -2.10. The monoisotopic (exact) mass is 341 g/mol. The van der Waals surface area contributed by atoms with Crippen LogP contribution in [0, 0.1) is 0 Å². The van der Waals surface area contributed by atoms with E-state index in [2.05, 4.69) is 0 Å². The highest BCUT2D eigenvalue weighted by Gasteiger charge is 2.35. The van der Waals surface area contributed by atoms with Gasteiger partial charge >= 0.3 is 13.6 Å². The van der Waals surface area contributed by atoms with Gasteiger partial charge in [0, 0.05) is 19.8 Å². The predicted molar refractivity (Wildman–Crippen MR) is 91.6 cm³/mol. The van der Waals surface area contributed by atoms with Gasteiger partial charge in [-0.2, -0.15) is 0 Å². The fraction of sp³-hybridized carbons (Fsp3) is 0.438. The van der Waals surface area contributed by atoms with Crippen LogP contribution in [0.15, 0.2) is 29.6 Å². The van der Waals surface area contributed by atoms with E-state index in [1.54, 1.807) is 13.8 Å². The molecule has 0 amide bonds. The van der Waals surface area contributed by atoms with Gasteiger partial charge in [0.05, 0.1) is 20.3 Å². The van der Waals surface area contributed by atoms with E-state index < -0.39 is 13.6 Å². The minimum absolute atomic E-state index is 0.110. The van der Waals surface area contributed by atoms with Crippen molar-refractivity contribution in [1.82, 2.24) is 0 Å². The number of nitrogens with zero attached hydrogens (tertiary/aromatic N) is 1. The molecule has 6 nitrogen and oxygen atoms in total. The topological polar surface area (TPSA) is 65.1 Å². The Labute approximate surface area is 137 Å². The minimum Gasteiger partial charge on any atom is -0.465 e. The SMILES string of the molecule is CCOP(=O)(OCC)/C(=C/c1ccc(N(C)C)cc1)C(=O)OC. The summed E-state index contributed by atoms with van der Waals surface area (Å²) in [6.07, 6.45) is 1.48. The molecule has 128 valence electrons. The number of esters is 1. The number of benzene rings is 1. The molecule has 1 aromatic carbocycles. The Kier molecular flexibility index (Phi) is 7.49. The number of hydrogen-bond acceptors (Lipinski definition) is 6. The Morgan fingerprint density at radius 2 is 1.65 bits per heavy atom. The zero-order valence-electron chi connectivity index (χ0n) is 14.2. The third-order valence-electron chi connectivity index (χ3n) is 3.00. The fourth-order valence-electron chi connectivity index (χ4n) is 1.90. The van der Waals surface area contributed by atoms with Crippen molar-refractivity contribution in [3.05, 3.63) is 35.1 Å². The Hall–Kier alpha value is -1.62. The van der Waals surface area contributed by atoms with Gasteiger partial charge in [-0.25, -0.2) is 4.79 Å². The minimum atomic E-state index is -3.72. The van der Waals surface area contributed by atoms with Gasteiger partial charge in [-0.3, -0.25) is 4.57 Å². The molecule has 0 radical (unpaired) electrons. The molecule has 0 fully saturated rings. The van der Waals surface area contributed by atoms with Gasteiger partial charge in [-0.1, -0.05) is 12.1 Å². The van der Waals surface area contributed by atoms with Crippen LogP contribution in [0.5, 0.6) is 0 Å². The molecule has 0 saturated heterocycles. The van der Waals surface area contributed by atoms with Crippen molar-refractivity contribution in [2.75, 3.05) is 39.3 Å². The molecule has 0 atom stereocenters. The van der Waals surface area contributed by atoms with Crippen LogP contribution in [0.2, 0.25) is 0 Å². The smallest absolute Gasteiger partial charge is 0.368 e.